The van der Waals surface area contributed by atoms with Gasteiger partial charge in [0.1, 0.15) is 0 Å². The van der Waals surface area contributed by atoms with E-state index in [0.29, 0.717) is 18.5 Å². The Bertz CT molecular complexity index is 519. The lowest BCUT2D eigenvalue weighted by molar-refractivity contribution is 0.267. The van der Waals surface area contributed by atoms with Crippen molar-refractivity contribution in [1.29, 1.82) is 0 Å². The number of likely N-dealkylation sites (tertiary alicyclic amines) is 1. The Hall–Kier alpha value is -1.55. The van der Waals surface area contributed by atoms with E-state index >= 15 is 0 Å². The summed E-state index contributed by atoms with van der Waals surface area (Å²) in [6, 6.07) is 9.28. The first kappa shape index (κ1) is 17.8. The van der Waals surface area contributed by atoms with Crippen LogP contribution in [0.25, 0.3) is 0 Å². The van der Waals surface area contributed by atoms with Gasteiger partial charge in [0.25, 0.3) is 0 Å². The van der Waals surface area contributed by atoms with Crippen molar-refractivity contribution in [2.24, 2.45) is 10.7 Å². The Morgan fingerprint density at radius 1 is 1.35 bits per heavy atom. The first-order valence-electron chi connectivity index (χ1n) is 8.77. The number of aliphatic imine (C=N–C) groups is 1. The number of guanidine groups is 1. The molecular weight excluding hydrogens is 284 g/mol. The molecule has 1 aromatic rings. The number of aryl methyl sites for hydroxylation is 1. The lowest BCUT2D eigenvalue weighted by atomic mass is 9.84. The van der Waals surface area contributed by atoms with Crippen LogP contribution in [-0.2, 0) is 5.41 Å². The van der Waals surface area contributed by atoms with E-state index in [0.717, 1.165) is 13.1 Å². The molecule has 1 fully saturated rings. The molecule has 4 nitrogen and oxygen atoms in total. The van der Waals surface area contributed by atoms with Gasteiger partial charge in [-0.05, 0) is 38.4 Å². The maximum Gasteiger partial charge on any atom is 0.188 e. The van der Waals surface area contributed by atoms with Crippen LogP contribution < -0.4 is 11.1 Å². The third-order valence-corrected chi connectivity index (χ3v) is 4.90. The molecular formula is C19H32N4. The second-order valence-electron chi connectivity index (χ2n) is 7.26. The molecule has 1 atom stereocenters. The average molecular weight is 316 g/mol. The van der Waals surface area contributed by atoms with E-state index in [1.54, 1.807) is 0 Å². The summed E-state index contributed by atoms with van der Waals surface area (Å²) in [6.07, 6.45) is 2.54. The minimum absolute atomic E-state index is 0.0111. The second kappa shape index (κ2) is 7.82. The SMILES string of the molecule is CCN1CCCC1CNC(N)=NCC(C)(C)c1ccc(C)cc1. The Balaban J connectivity index is 1.87. The fraction of sp³-hybridized carbons (Fsp3) is 0.632. The third kappa shape index (κ3) is 4.96. The van der Waals surface area contributed by atoms with Crippen LogP contribution in [0.3, 0.4) is 0 Å². The summed E-state index contributed by atoms with van der Waals surface area (Å²) < 4.78 is 0. The van der Waals surface area contributed by atoms with E-state index in [-0.39, 0.29) is 5.41 Å². The van der Waals surface area contributed by atoms with Crippen LogP contribution in [0.5, 0.6) is 0 Å². The zero-order valence-corrected chi connectivity index (χ0v) is 15.1. The van der Waals surface area contributed by atoms with Gasteiger partial charge in [0.2, 0.25) is 0 Å². The summed E-state index contributed by atoms with van der Waals surface area (Å²) in [5.74, 6) is 0.563. The van der Waals surface area contributed by atoms with Crippen molar-refractivity contribution in [3.05, 3.63) is 35.4 Å². The zero-order valence-electron chi connectivity index (χ0n) is 15.1. The molecule has 0 aromatic heterocycles. The Morgan fingerprint density at radius 2 is 2.04 bits per heavy atom. The number of nitrogens with one attached hydrogen (secondary N) is 1. The molecule has 128 valence electrons. The minimum atomic E-state index is -0.0111. The number of nitrogens with two attached hydrogens (primary N) is 1. The van der Waals surface area contributed by atoms with E-state index in [4.69, 9.17) is 5.73 Å². The van der Waals surface area contributed by atoms with Gasteiger partial charge in [-0.3, -0.25) is 9.89 Å². The summed E-state index contributed by atoms with van der Waals surface area (Å²) in [7, 11) is 0. The van der Waals surface area contributed by atoms with Crippen LogP contribution in [0.2, 0.25) is 0 Å². The molecule has 0 aliphatic carbocycles. The predicted octanol–water partition coefficient (Wildman–Crippen LogP) is 2.66. The highest BCUT2D eigenvalue weighted by atomic mass is 15.2. The van der Waals surface area contributed by atoms with E-state index in [9.17, 15) is 0 Å². The van der Waals surface area contributed by atoms with Crippen LogP contribution in [0, 0.1) is 6.92 Å². The maximum absolute atomic E-state index is 6.07. The largest absolute Gasteiger partial charge is 0.370 e. The predicted molar refractivity (Wildman–Crippen MR) is 99.0 cm³/mol. The molecule has 0 saturated carbocycles. The lowest BCUT2D eigenvalue weighted by Gasteiger charge is -2.25. The number of likely N-dealkylation sites (N-methyl/N-ethyl adjacent to an activating group) is 1. The molecule has 0 spiro atoms. The number of benzene rings is 1. The summed E-state index contributed by atoms with van der Waals surface area (Å²) in [6.45, 7) is 12.7. The average Bonchev–Trinajstić information content (AvgIpc) is 2.99. The molecule has 23 heavy (non-hydrogen) atoms. The highest BCUT2D eigenvalue weighted by Gasteiger charge is 2.23. The van der Waals surface area contributed by atoms with Gasteiger partial charge in [-0.1, -0.05) is 50.6 Å². The van der Waals surface area contributed by atoms with E-state index < -0.39 is 0 Å². The van der Waals surface area contributed by atoms with Crippen molar-refractivity contribution in [1.82, 2.24) is 10.2 Å². The van der Waals surface area contributed by atoms with Gasteiger partial charge in [0.15, 0.2) is 5.96 Å². The molecule has 0 bridgehead atoms. The molecule has 1 aliphatic rings. The van der Waals surface area contributed by atoms with Crippen molar-refractivity contribution in [3.63, 3.8) is 0 Å². The van der Waals surface area contributed by atoms with Crippen molar-refractivity contribution >= 4 is 5.96 Å². The fourth-order valence-corrected chi connectivity index (χ4v) is 3.20. The van der Waals surface area contributed by atoms with Gasteiger partial charge in [-0.25, -0.2) is 0 Å². The van der Waals surface area contributed by atoms with Gasteiger partial charge in [0, 0.05) is 18.0 Å². The number of nitrogens with zero attached hydrogens (tertiary/aromatic N) is 2. The molecule has 3 N–H and O–H groups in total. The lowest BCUT2D eigenvalue weighted by Crippen LogP contribution is -2.43. The Labute approximate surface area is 141 Å². The van der Waals surface area contributed by atoms with Gasteiger partial charge < -0.3 is 11.1 Å². The van der Waals surface area contributed by atoms with Crippen LogP contribution in [0.1, 0.15) is 44.7 Å². The van der Waals surface area contributed by atoms with Crippen LogP contribution in [0.15, 0.2) is 29.3 Å². The van der Waals surface area contributed by atoms with Crippen molar-refractivity contribution in [2.75, 3.05) is 26.2 Å². The zero-order chi connectivity index (χ0) is 16.9. The maximum atomic E-state index is 6.07. The molecule has 4 heteroatoms. The van der Waals surface area contributed by atoms with Crippen LogP contribution in [0.4, 0.5) is 0 Å². The van der Waals surface area contributed by atoms with Crippen molar-refractivity contribution in [3.8, 4) is 0 Å². The second-order valence-corrected chi connectivity index (χ2v) is 7.26. The smallest absolute Gasteiger partial charge is 0.188 e. The van der Waals surface area contributed by atoms with E-state index in [1.807, 2.05) is 0 Å². The van der Waals surface area contributed by atoms with Crippen LogP contribution in [-0.4, -0.2) is 43.1 Å². The molecule has 1 unspecified atom stereocenters. The standard InChI is InChI=1S/C19H32N4/c1-5-23-12-6-7-17(23)13-21-18(20)22-14-19(3,4)16-10-8-15(2)9-11-16/h8-11,17H,5-7,12-14H2,1-4H3,(H3,20,21,22). The normalized spacial score (nSPS) is 20.0. The van der Waals surface area contributed by atoms with Crippen LogP contribution >= 0.6 is 0 Å². The summed E-state index contributed by atoms with van der Waals surface area (Å²) in [5, 5.41) is 3.31. The highest BCUT2D eigenvalue weighted by Crippen LogP contribution is 2.23. The number of hydrogen-bond acceptors (Lipinski definition) is 2. The first-order chi connectivity index (χ1) is 10.9. The molecule has 1 saturated heterocycles. The van der Waals surface area contributed by atoms with Crippen molar-refractivity contribution < 1.29 is 0 Å². The van der Waals surface area contributed by atoms with E-state index in [1.165, 1.54) is 30.5 Å². The highest BCUT2D eigenvalue weighted by molar-refractivity contribution is 5.77. The van der Waals surface area contributed by atoms with Gasteiger partial charge >= 0.3 is 0 Å². The third-order valence-electron chi connectivity index (χ3n) is 4.90. The molecule has 0 amide bonds. The molecule has 1 aliphatic heterocycles. The molecule has 0 radical (unpaired) electrons. The molecule has 1 aromatic carbocycles. The minimum Gasteiger partial charge on any atom is -0.370 e. The van der Waals surface area contributed by atoms with Gasteiger partial charge in [-0.2, -0.15) is 0 Å². The Morgan fingerprint density at radius 3 is 2.70 bits per heavy atom. The van der Waals surface area contributed by atoms with Crippen molar-refractivity contribution in [2.45, 2.75) is 52.0 Å². The summed E-state index contributed by atoms with van der Waals surface area (Å²) in [4.78, 5) is 7.08. The quantitative estimate of drug-likeness (QED) is 0.627. The number of rotatable bonds is 6. The number of hydrogen-bond donors (Lipinski definition) is 2. The summed E-state index contributed by atoms with van der Waals surface area (Å²) in [5.41, 5.74) is 8.64. The summed E-state index contributed by atoms with van der Waals surface area (Å²) >= 11 is 0. The fourth-order valence-electron chi connectivity index (χ4n) is 3.20. The van der Waals surface area contributed by atoms with Gasteiger partial charge in [0.05, 0.1) is 6.54 Å². The first-order valence-corrected chi connectivity index (χ1v) is 8.77. The molecule has 1 heterocycles. The Kier molecular flexibility index (Phi) is 6.05. The van der Waals surface area contributed by atoms with E-state index in [2.05, 4.69) is 67.2 Å². The monoisotopic (exact) mass is 316 g/mol. The molecule has 2 rings (SSSR count). The van der Waals surface area contributed by atoms with Gasteiger partial charge in [-0.15, -0.1) is 0 Å². The topological polar surface area (TPSA) is 53.6 Å².